The number of rotatable bonds is 4. The summed E-state index contributed by atoms with van der Waals surface area (Å²) in [5.41, 5.74) is 7.08. The molecule has 0 radical (unpaired) electrons. The third kappa shape index (κ3) is 3.81. The summed E-state index contributed by atoms with van der Waals surface area (Å²) in [7, 11) is 0. The van der Waals surface area contributed by atoms with Crippen molar-refractivity contribution >= 4 is 11.9 Å². The van der Waals surface area contributed by atoms with E-state index in [1.807, 2.05) is 6.92 Å². The van der Waals surface area contributed by atoms with E-state index in [0.29, 0.717) is 18.2 Å². The van der Waals surface area contributed by atoms with Crippen LogP contribution in [0.4, 0.5) is 10.2 Å². The fourth-order valence-corrected chi connectivity index (χ4v) is 4.56. The molecule has 2 fully saturated rings. The van der Waals surface area contributed by atoms with Crippen LogP contribution in [-0.2, 0) is 6.42 Å². The molecule has 0 bridgehead atoms. The van der Waals surface area contributed by atoms with Crippen molar-refractivity contribution in [2.75, 3.05) is 37.6 Å². The molecule has 1 saturated heterocycles. The molecule has 1 aromatic rings. The Balaban J connectivity index is 1.28. The molecular weight excluding hydrogens is 331 g/mol. The van der Waals surface area contributed by atoms with Crippen LogP contribution in [0.1, 0.15) is 50.4 Å². The molecule has 4 rings (SSSR count). The molecule has 5 nitrogen and oxygen atoms in total. The van der Waals surface area contributed by atoms with Gasteiger partial charge in [-0.3, -0.25) is 4.90 Å². The van der Waals surface area contributed by atoms with Gasteiger partial charge in [0.2, 0.25) is 0 Å². The molecule has 1 aliphatic heterocycles. The molecular formula is C20H31FN4O. The summed E-state index contributed by atoms with van der Waals surface area (Å²) >= 11 is 0. The minimum Gasteiger partial charge on any atom is -0.354 e. The Labute approximate surface area is 155 Å². The molecule has 1 atom stereocenters. The van der Waals surface area contributed by atoms with Crippen LogP contribution in [-0.4, -0.2) is 48.8 Å². The number of piperazine rings is 1. The fraction of sp³-hybridized carbons (Fsp3) is 0.750. The zero-order valence-electron chi connectivity index (χ0n) is 15.8. The van der Waals surface area contributed by atoms with Crippen molar-refractivity contribution in [3.05, 3.63) is 17.2 Å². The Hall–Kier alpha value is -1.40. The maximum Gasteiger partial charge on any atom is 0.175 e. The molecule has 0 spiro atoms. The van der Waals surface area contributed by atoms with Gasteiger partial charge in [0.25, 0.3) is 0 Å². The molecule has 3 aliphatic rings. The van der Waals surface area contributed by atoms with Gasteiger partial charge in [0.05, 0.1) is 0 Å². The quantitative estimate of drug-likeness (QED) is 0.891. The van der Waals surface area contributed by atoms with Crippen LogP contribution in [0, 0.1) is 11.8 Å². The van der Waals surface area contributed by atoms with Crippen molar-refractivity contribution in [3.63, 3.8) is 0 Å². The molecule has 0 amide bonds. The number of fused-ring (bicyclic) bond motifs is 1. The van der Waals surface area contributed by atoms with Crippen molar-refractivity contribution < 1.29 is 8.91 Å². The summed E-state index contributed by atoms with van der Waals surface area (Å²) in [5, 5.41) is 4.25. The number of nitrogens with two attached hydrogens (primary N) is 1. The summed E-state index contributed by atoms with van der Waals surface area (Å²) in [5.74, 6) is 2.21. The highest BCUT2D eigenvalue weighted by Crippen LogP contribution is 2.35. The first kappa shape index (κ1) is 18.0. The van der Waals surface area contributed by atoms with Crippen molar-refractivity contribution in [1.29, 1.82) is 0 Å². The molecule has 1 unspecified atom stereocenters. The van der Waals surface area contributed by atoms with Gasteiger partial charge in [0.15, 0.2) is 11.6 Å². The fourth-order valence-electron chi connectivity index (χ4n) is 4.56. The van der Waals surface area contributed by atoms with E-state index >= 15 is 0 Å². The van der Waals surface area contributed by atoms with Crippen LogP contribution in [0.2, 0.25) is 0 Å². The number of nitrogens with zero attached hydrogens (tertiary/aromatic N) is 3. The second kappa shape index (κ2) is 7.69. The lowest BCUT2D eigenvalue weighted by atomic mass is 9.84. The molecule has 2 aliphatic carbocycles. The van der Waals surface area contributed by atoms with Gasteiger partial charge in [0, 0.05) is 49.8 Å². The minimum atomic E-state index is -0.103. The van der Waals surface area contributed by atoms with E-state index in [0.717, 1.165) is 43.5 Å². The van der Waals surface area contributed by atoms with Crippen molar-refractivity contribution in [2.24, 2.45) is 17.6 Å². The first-order valence-corrected chi connectivity index (χ1v) is 10.2. The van der Waals surface area contributed by atoms with E-state index in [2.05, 4.69) is 15.0 Å². The van der Waals surface area contributed by atoms with Crippen LogP contribution in [0.25, 0.3) is 6.08 Å². The number of aromatic nitrogens is 1. The van der Waals surface area contributed by atoms with Crippen LogP contribution in [0.3, 0.4) is 0 Å². The van der Waals surface area contributed by atoms with Crippen LogP contribution in [0.15, 0.2) is 10.3 Å². The second-order valence-corrected chi connectivity index (χ2v) is 8.38. The van der Waals surface area contributed by atoms with Gasteiger partial charge < -0.3 is 15.2 Å². The predicted octanol–water partition coefficient (Wildman–Crippen LogP) is 3.21. The number of halogens is 1. The van der Waals surface area contributed by atoms with Gasteiger partial charge in [-0.1, -0.05) is 12.1 Å². The highest BCUT2D eigenvalue weighted by molar-refractivity contribution is 5.62. The normalized spacial score (nSPS) is 30.2. The van der Waals surface area contributed by atoms with Crippen molar-refractivity contribution in [2.45, 2.75) is 51.5 Å². The van der Waals surface area contributed by atoms with Gasteiger partial charge in [0.1, 0.15) is 5.83 Å². The summed E-state index contributed by atoms with van der Waals surface area (Å²) < 4.78 is 19.2. The van der Waals surface area contributed by atoms with Crippen LogP contribution >= 0.6 is 0 Å². The Kier molecular flexibility index (Phi) is 5.32. The molecule has 2 N–H and O–H groups in total. The van der Waals surface area contributed by atoms with Crippen molar-refractivity contribution in [3.8, 4) is 0 Å². The smallest absolute Gasteiger partial charge is 0.175 e. The zero-order chi connectivity index (χ0) is 18.1. The van der Waals surface area contributed by atoms with E-state index < -0.39 is 0 Å². The first-order chi connectivity index (χ1) is 12.6. The molecule has 2 heterocycles. The summed E-state index contributed by atoms with van der Waals surface area (Å²) in [6.07, 6.45) is 8.48. The van der Waals surface area contributed by atoms with E-state index in [4.69, 9.17) is 10.3 Å². The third-order valence-electron chi connectivity index (χ3n) is 6.46. The van der Waals surface area contributed by atoms with Crippen LogP contribution < -0.4 is 10.6 Å². The maximum absolute atomic E-state index is 13.8. The maximum atomic E-state index is 13.8. The van der Waals surface area contributed by atoms with E-state index in [1.165, 1.54) is 44.7 Å². The van der Waals surface area contributed by atoms with E-state index in [-0.39, 0.29) is 11.7 Å². The lowest BCUT2D eigenvalue weighted by Gasteiger charge is -2.36. The summed E-state index contributed by atoms with van der Waals surface area (Å²) in [6, 6.07) is 0.439. The number of hydrogen-bond acceptors (Lipinski definition) is 5. The Morgan fingerprint density at radius 1 is 1.19 bits per heavy atom. The zero-order valence-corrected chi connectivity index (χ0v) is 15.8. The highest BCUT2D eigenvalue weighted by Gasteiger charge is 2.29. The summed E-state index contributed by atoms with van der Waals surface area (Å²) in [4.78, 5) is 4.88. The van der Waals surface area contributed by atoms with Gasteiger partial charge in [-0.05, 0) is 51.0 Å². The van der Waals surface area contributed by atoms with Crippen LogP contribution in [0.5, 0.6) is 0 Å². The van der Waals surface area contributed by atoms with Gasteiger partial charge in [-0.15, -0.1) is 0 Å². The van der Waals surface area contributed by atoms with E-state index in [9.17, 15) is 4.39 Å². The number of anilines is 1. The SMILES string of the molecule is CC1Cc2c(N3CCN(CCC4CCC(N)CC4)CC3)noc2C=C1F. The molecule has 0 aromatic carbocycles. The molecule has 1 aromatic heterocycles. The molecule has 144 valence electrons. The Morgan fingerprint density at radius 3 is 2.65 bits per heavy atom. The average Bonchev–Trinajstić information content (AvgIpc) is 3.05. The molecule has 1 saturated carbocycles. The first-order valence-electron chi connectivity index (χ1n) is 10.2. The largest absolute Gasteiger partial charge is 0.354 e. The van der Waals surface area contributed by atoms with Gasteiger partial charge in [-0.25, -0.2) is 4.39 Å². The molecule has 26 heavy (non-hydrogen) atoms. The van der Waals surface area contributed by atoms with E-state index in [1.54, 1.807) is 0 Å². The Morgan fingerprint density at radius 2 is 1.92 bits per heavy atom. The third-order valence-corrected chi connectivity index (χ3v) is 6.46. The minimum absolute atomic E-state index is 0.0782. The van der Waals surface area contributed by atoms with Crippen molar-refractivity contribution in [1.82, 2.24) is 10.1 Å². The Bertz CT molecular complexity index is 642. The number of allylic oxidation sites excluding steroid dienone is 1. The standard InChI is InChI=1S/C20H31FN4O/c1-14-12-17-19(13-18(14)21)26-23-20(17)25-10-8-24(9-11-25)7-6-15-2-4-16(22)5-3-15/h13-16H,2-12,22H2,1H3. The predicted molar refractivity (Wildman–Crippen MR) is 102 cm³/mol. The topological polar surface area (TPSA) is 58.5 Å². The number of hydrogen-bond donors (Lipinski definition) is 1. The van der Waals surface area contributed by atoms with Gasteiger partial charge in [-0.2, -0.15) is 0 Å². The summed E-state index contributed by atoms with van der Waals surface area (Å²) in [6.45, 7) is 7.17. The monoisotopic (exact) mass is 362 g/mol. The van der Waals surface area contributed by atoms with Gasteiger partial charge >= 0.3 is 0 Å². The lowest BCUT2D eigenvalue weighted by Crippen LogP contribution is -2.47. The average molecular weight is 362 g/mol. The molecule has 6 heteroatoms. The lowest BCUT2D eigenvalue weighted by molar-refractivity contribution is 0.216. The highest BCUT2D eigenvalue weighted by atomic mass is 19.1. The second-order valence-electron chi connectivity index (χ2n) is 8.38.